The minimum atomic E-state index is -0.602. The number of likely N-dealkylation sites (tertiary alicyclic amines) is 1. The first kappa shape index (κ1) is 33.5. The highest BCUT2D eigenvalue weighted by atomic mass is 16.6. The van der Waals surface area contributed by atoms with Gasteiger partial charge in [-0.1, -0.05) is 38.3 Å². The number of carbonyl (C=O) groups is 2. The molecule has 1 aliphatic carbocycles. The van der Waals surface area contributed by atoms with Crippen molar-refractivity contribution in [1.29, 1.82) is 0 Å². The van der Waals surface area contributed by atoms with Gasteiger partial charge in [0.25, 0.3) is 0 Å². The summed E-state index contributed by atoms with van der Waals surface area (Å²) in [4.78, 5) is 29.8. The number of hydrogen-bond acceptors (Lipinski definition) is 7. The summed E-state index contributed by atoms with van der Waals surface area (Å²) in [6.07, 6.45) is 10.4. The van der Waals surface area contributed by atoms with Crippen LogP contribution in [0, 0.1) is 11.8 Å². The molecule has 1 saturated heterocycles. The lowest BCUT2D eigenvalue weighted by Gasteiger charge is -2.40. The standard InChI is InChI=1S/C34H51NO7/c1-8-19-40-22-24(4)41-30-21-27(20-29(38-6)32(30)39-7)31(26-15-11-10-12-16-26)33(36)35-18-14-13-17-28(35)34(37)42-25(5)23(3)9-2/h8-9,20-21,23-26,28,31H,1-2,10-19,22H2,3-7H3/t23-,24+,25+,28-,31-/m0/s1. The second-order valence-electron chi connectivity index (χ2n) is 11.7. The number of ether oxygens (including phenoxy) is 5. The number of piperidine rings is 1. The first-order chi connectivity index (χ1) is 20.2. The summed E-state index contributed by atoms with van der Waals surface area (Å²) >= 11 is 0. The minimum absolute atomic E-state index is 0.0198. The van der Waals surface area contributed by atoms with E-state index in [0.717, 1.165) is 50.5 Å². The van der Waals surface area contributed by atoms with Gasteiger partial charge in [-0.3, -0.25) is 4.79 Å². The molecule has 1 aromatic carbocycles. The normalized spacial score (nSPS) is 20.5. The van der Waals surface area contributed by atoms with Gasteiger partial charge in [0.05, 0.1) is 33.4 Å². The maximum atomic E-state index is 14.6. The molecule has 0 bridgehead atoms. The fourth-order valence-electron chi connectivity index (χ4n) is 6.05. The Morgan fingerprint density at radius 2 is 1.67 bits per heavy atom. The van der Waals surface area contributed by atoms with Crippen LogP contribution >= 0.6 is 0 Å². The molecule has 42 heavy (non-hydrogen) atoms. The second-order valence-corrected chi connectivity index (χ2v) is 11.7. The summed E-state index contributed by atoms with van der Waals surface area (Å²) in [5, 5.41) is 0. The summed E-state index contributed by atoms with van der Waals surface area (Å²) in [6, 6.07) is 3.20. The van der Waals surface area contributed by atoms with E-state index in [1.165, 1.54) is 0 Å². The molecular formula is C34H51NO7. The summed E-state index contributed by atoms with van der Waals surface area (Å²) in [5.41, 5.74) is 0.810. The summed E-state index contributed by atoms with van der Waals surface area (Å²) in [5.74, 6) is 0.811. The van der Waals surface area contributed by atoms with Crippen LogP contribution in [-0.4, -0.2) is 69.0 Å². The van der Waals surface area contributed by atoms with Gasteiger partial charge in [-0.15, -0.1) is 13.2 Å². The van der Waals surface area contributed by atoms with Crippen molar-refractivity contribution in [3.63, 3.8) is 0 Å². The Balaban J connectivity index is 1.99. The minimum Gasteiger partial charge on any atom is -0.493 e. The fourth-order valence-corrected chi connectivity index (χ4v) is 6.05. The number of amides is 1. The Hall–Kier alpha value is -3.00. The van der Waals surface area contributed by atoms with Gasteiger partial charge < -0.3 is 28.6 Å². The summed E-state index contributed by atoms with van der Waals surface area (Å²) in [6.45, 7) is 14.6. The van der Waals surface area contributed by atoms with Gasteiger partial charge in [0, 0.05) is 12.5 Å². The van der Waals surface area contributed by atoms with Crippen LogP contribution in [0.5, 0.6) is 17.2 Å². The van der Waals surface area contributed by atoms with E-state index in [2.05, 4.69) is 13.2 Å². The molecule has 2 fully saturated rings. The van der Waals surface area contributed by atoms with Crippen LogP contribution in [-0.2, 0) is 19.1 Å². The van der Waals surface area contributed by atoms with Gasteiger partial charge in [-0.05, 0) is 69.6 Å². The molecule has 1 aliphatic heterocycles. The van der Waals surface area contributed by atoms with Gasteiger partial charge >= 0.3 is 5.97 Å². The Morgan fingerprint density at radius 1 is 0.976 bits per heavy atom. The lowest BCUT2D eigenvalue weighted by atomic mass is 9.75. The molecule has 0 aromatic heterocycles. The van der Waals surface area contributed by atoms with Crippen LogP contribution in [0.1, 0.15) is 83.6 Å². The molecular weight excluding hydrogens is 534 g/mol. The van der Waals surface area contributed by atoms with Gasteiger partial charge in [-0.2, -0.15) is 0 Å². The van der Waals surface area contributed by atoms with Crippen LogP contribution in [0.15, 0.2) is 37.4 Å². The zero-order valence-corrected chi connectivity index (χ0v) is 26.3. The van der Waals surface area contributed by atoms with Crippen molar-refractivity contribution in [1.82, 2.24) is 4.90 Å². The third kappa shape index (κ3) is 8.52. The Labute approximate surface area is 252 Å². The molecule has 5 atom stereocenters. The molecule has 1 heterocycles. The van der Waals surface area contributed by atoms with Gasteiger partial charge in [0.15, 0.2) is 11.5 Å². The quantitative estimate of drug-likeness (QED) is 0.132. The smallest absolute Gasteiger partial charge is 0.329 e. The average Bonchev–Trinajstić information content (AvgIpc) is 3.01. The number of rotatable bonds is 15. The third-order valence-electron chi connectivity index (χ3n) is 8.60. The van der Waals surface area contributed by atoms with E-state index in [-0.39, 0.29) is 35.9 Å². The maximum absolute atomic E-state index is 14.6. The number of esters is 1. The number of carbonyl (C=O) groups excluding carboxylic acids is 2. The number of benzene rings is 1. The van der Waals surface area contributed by atoms with E-state index in [9.17, 15) is 9.59 Å². The van der Waals surface area contributed by atoms with Crippen LogP contribution in [0.25, 0.3) is 0 Å². The third-order valence-corrected chi connectivity index (χ3v) is 8.60. The van der Waals surface area contributed by atoms with Crippen molar-refractivity contribution < 1.29 is 33.3 Å². The molecule has 2 aliphatic rings. The highest BCUT2D eigenvalue weighted by molar-refractivity contribution is 5.89. The second kappa shape index (κ2) is 16.6. The van der Waals surface area contributed by atoms with E-state index < -0.39 is 12.0 Å². The van der Waals surface area contributed by atoms with Crippen molar-refractivity contribution >= 4 is 11.9 Å². The molecule has 8 nitrogen and oxygen atoms in total. The molecule has 8 heteroatoms. The van der Waals surface area contributed by atoms with E-state index in [1.807, 2.05) is 32.9 Å². The predicted octanol–water partition coefficient (Wildman–Crippen LogP) is 6.47. The lowest BCUT2D eigenvalue weighted by molar-refractivity contribution is -0.163. The molecule has 0 unspecified atom stereocenters. The first-order valence-corrected chi connectivity index (χ1v) is 15.5. The number of hydrogen-bond donors (Lipinski definition) is 0. The fraction of sp³-hybridized carbons (Fsp3) is 0.647. The van der Waals surface area contributed by atoms with Crippen molar-refractivity contribution in [3.05, 3.63) is 43.0 Å². The molecule has 0 N–H and O–H groups in total. The molecule has 1 aromatic rings. The lowest BCUT2D eigenvalue weighted by Crippen LogP contribution is -2.51. The van der Waals surface area contributed by atoms with Crippen LogP contribution in [0.4, 0.5) is 0 Å². The molecule has 1 amide bonds. The van der Waals surface area contributed by atoms with Gasteiger partial charge in [0.1, 0.15) is 18.2 Å². The highest BCUT2D eigenvalue weighted by Gasteiger charge is 2.41. The highest BCUT2D eigenvalue weighted by Crippen LogP contribution is 2.45. The Morgan fingerprint density at radius 3 is 2.31 bits per heavy atom. The Bertz CT molecular complexity index is 1050. The Kier molecular flexibility index (Phi) is 13.2. The summed E-state index contributed by atoms with van der Waals surface area (Å²) < 4.78 is 29.2. The predicted molar refractivity (Wildman–Crippen MR) is 164 cm³/mol. The zero-order chi connectivity index (χ0) is 30.6. The van der Waals surface area contributed by atoms with Crippen LogP contribution in [0.2, 0.25) is 0 Å². The van der Waals surface area contributed by atoms with E-state index in [0.29, 0.717) is 43.4 Å². The topological polar surface area (TPSA) is 83.5 Å². The zero-order valence-electron chi connectivity index (χ0n) is 26.3. The SMILES string of the molecule is C=CCOC[C@@H](C)Oc1cc([C@@H](C(=O)N2CCCC[C@H]2C(=O)O[C@H](C)[C@@H](C)C=C)C2CCCCC2)cc(OC)c1OC. The molecule has 234 valence electrons. The average molecular weight is 586 g/mol. The van der Waals surface area contributed by atoms with Crippen molar-refractivity contribution in [2.45, 2.75) is 96.3 Å². The van der Waals surface area contributed by atoms with Crippen molar-refractivity contribution in [2.24, 2.45) is 11.8 Å². The number of nitrogens with zero attached hydrogens (tertiary/aromatic N) is 1. The van der Waals surface area contributed by atoms with E-state index in [1.54, 1.807) is 31.3 Å². The van der Waals surface area contributed by atoms with Crippen molar-refractivity contribution in [3.8, 4) is 17.2 Å². The molecule has 1 saturated carbocycles. The number of methoxy groups -OCH3 is 2. The van der Waals surface area contributed by atoms with Crippen LogP contribution < -0.4 is 14.2 Å². The molecule has 3 rings (SSSR count). The monoisotopic (exact) mass is 585 g/mol. The maximum Gasteiger partial charge on any atom is 0.329 e. The largest absolute Gasteiger partial charge is 0.493 e. The first-order valence-electron chi connectivity index (χ1n) is 15.5. The molecule has 0 spiro atoms. The van der Waals surface area contributed by atoms with E-state index >= 15 is 0 Å². The van der Waals surface area contributed by atoms with Crippen molar-refractivity contribution in [2.75, 3.05) is 34.0 Å². The van der Waals surface area contributed by atoms with Gasteiger partial charge in [-0.25, -0.2) is 4.79 Å². The summed E-state index contributed by atoms with van der Waals surface area (Å²) in [7, 11) is 3.16. The van der Waals surface area contributed by atoms with Gasteiger partial charge in [0.2, 0.25) is 11.7 Å². The van der Waals surface area contributed by atoms with Crippen LogP contribution in [0.3, 0.4) is 0 Å². The van der Waals surface area contributed by atoms with E-state index in [4.69, 9.17) is 23.7 Å². The molecule has 0 radical (unpaired) electrons.